The molecule has 3 heterocycles. The quantitative estimate of drug-likeness (QED) is 0.861. The lowest BCUT2D eigenvalue weighted by molar-refractivity contribution is -0.122. The van der Waals surface area contributed by atoms with Crippen LogP contribution in [0.25, 0.3) is 0 Å². The van der Waals surface area contributed by atoms with Gasteiger partial charge >= 0.3 is 0 Å². The fraction of sp³-hybridized carbons (Fsp3) is 0.647. The summed E-state index contributed by atoms with van der Waals surface area (Å²) < 4.78 is 6.97. The first-order valence-corrected chi connectivity index (χ1v) is 8.86. The minimum Gasteiger partial charge on any atom is -0.360 e. The van der Waals surface area contributed by atoms with Crippen molar-refractivity contribution in [3.8, 4) is 0 Å². The summed E-state index contributed by atoms with van der Waals surface area (Å²) in [5.41, 5.74) is 0. The second-order valence-electron chi connectivity index (χ2n) is 6.66. The summed E-state index contributed by atoms with van der Waals surface area (Å²) in [6.45, 7) is 9.40. The first kappa shape index (κ1) is 17.6. The number of nitrogens with zero attached hydrogens (tertiary/aromatic N) is 5. The van der Waals surface area contributed by atoms with Gasteiger partial charge in [0, 0.05) is 12.1 Å². The Balaban J connectivity index is 1.70. The molecule has 2 unspecified atom stereocenters. The molecule has 0 spiro atoms. The Morgan fingerprint density at radius 1 is 1.44 bits per heavy atom. The predicted octanol–water partition coefficient (Wildman–Crippen LogP) is 2.07. The lowest BCUT2D eigenvalue weighted by Crippen LogP contribution is -2.47. The number of anilines is 1. The molecule has 2 atom stereocenters. The van der Waals surface area contributed by atoms with Crippen molar-refractivity contribution in [1.29, 1.82) is 0 Å². The number of nitrogens with one attached hydrogen (secondary N) is 1. The first-order valence-electron chi connectivity index (χ1n) is 8.86. The second-order valence-corrected chi connectivity index (χ2v) is 6.66. The van der Waals surface area contributed by atoms with Crippen LogP contribution in [0.5, 0.6) is 0 Å². The number of amides is 1. The fourth-order valence-corrected chi connectivity index (χ4v) is 3.60. The van der Waals surface area contributed by atoms with Crippen molar-refractivity contribution in [1.82, 2.24) is 24.8 Å². The monoisotopic (exact) mass is 346 g/mol. The van der Waals surface area contributed by atoms with E-state index in [1.54, 1.807) is 13.0 Å². The topological polar surface area (TPSA) is 89.1 Å². The van der Waals surface area contributed by atoms with Crippen molar-refractivity contribution in [2.75, 3.05) is 11.9 Å². The average molecular weight is 346 g/mol. The highest BCUT2D eigenvalue weighted by Crippen LogP contribution is 2.24. The summed E-state index contributed by atoms with van der Waals surface area (Å²) in [6, 6.07) is 1.83. The van der Waals surface area contributed by atoms with E-state index < -0.39 is 0 Å². The largest absolute Gasteiger partial charge is 0.360 e. The van der Waals surface area contributed by atoms with E-state index in [-0.39, 0.29) is 18.0 Å². The summed E-state index contributed by atoms with van der Waals surface area (Å²) in [6.07, 6.45) is 2.89. The van der Waals surface area contributed by atoms with Gasteiger partial charge in [-0.05, 0) is 46.6 Å². The van der Waals surface area contributed by atoms with E-state index in [0.717, 1.165) is 44.0 Å². The Morgan fingerprint density at radius 2 is 2.24 bits per heavy atom. The lowest BCUT2D eigenvalue weighted by Gasteiger charge is -2.31. The van der Waals surface area contributed by atoms with Gasteiger partial charge in [-0.1, -0.05) is 12.1 Å². The van der Waals surface area contributed by atoms with Gasteiger partial charge in [0.15, 0.2) is 5.82 Å². The van der Waals surface area contributed by atoms with Crippen molar-refractivity contribution in [2.45, 2.75) is 65.6 Å². The molecule has 1 saturated heterocycles. The molecule has 1 N–H and O–H groups in total. The van der Waals surface area contributed by atoms with E-state index in [1.807, 2.05) is 25.5 Å². The van der Waals surface area contributed by atoms with Gasteiger partial charge in [-0.2, -0.15) is 5.10 Å². The van der Waals surface area contributed by atoms with Gasteiger partial charge in [0.25, 0.3) is 0 Å². The van der Waals surface area contributed by atoms with Gasteiger partial charge < -0.3 is 9.84 Å². The third-order valence-corrected chi connectivity index (χ3v) is 4.74. The van der Waals surface area contributed by atoms with Crippen LogP contribution in [-0.4, -0.2) is 49.4 Å². The number of likely N-dealkylation sites (tertiary alicyclic amines) is 1. The maximum Gasteiger partial charge on any atom is 0.242 e. The summed E-state index contributed by atoms with van der Waals surface area (Å²) in [4.78, 5) is 19.4. The fourth-order valence-electron chi connectivity index (χ4n) is 3.60. The third-order valence-electron chi connectivity index (χ3n) is 4.74. The van der Waals surface area contributed by atoms with E-state index >= 15 is 0 Å². The number of aryl methyl sites for hydroxylation is 3. The van der Waals surface area contributed by atoms with Crippen LogP contribution in [0.15, 0.2) is 10.6 Å². The molecule has 0 radical (unpaired) electrons. The molecule has 2 aromatic heterocycles. The average Bonchev–Trinajstić information content (AvgIpc) is 3.24. The van der Waals surface area contributed by atoms with Gasteiger partial charge in [0.2, 0.25) is 5.91 Å². The van der Waals surface area contributed by atoms with Gasteiger partial charge in [-0.3, -0.25) is 9.69 Å². The molecule has 1 aliphatic rings. The van der Waals surface area contributed by atoms with E-state index in [0.29, 0.717) is 11.6 Å². The summed E-state index contributed by atoms with van der Waals surface area (Å²) in [5.74, 6) is 2.82. The molecule has 8 heteroatoms. The normalized spacial score (nSPS) is 19.3. The van der Waals surface area contributed by atoms with E-state index in [9.17, 15) is 4.79 Å². The smallest absolute Gasteiger partial charge is 0.242 e. The first-order chi connectivity index (χ1) is 12.0. The van der Waals surface area contributed by atoms with Crippen LogP contribution in [0.2, 0.25) is 0 Å². The van der Waals surface area contributed by atoms with E-state index in [2.05, 4.69) is 25.5 Å². The molecule has 0 aromatic carbocycles. The van der Waals surface area contributed by atoms with Crippen LogP contribution in [-0.2, 0) is 11.3 Å². The van der Waals surface area contributed by atoms with Crippen LogP contribution in [0.1, 0.15) is 43.6 Å². The van der Waals surface area contributed by atoms with Crippen molar-refractivity contribution in [2.24, 2.45) is 0 Å². The molecule has 0 bridgehead atoms. The zero-order valence-corrected chi connectivity index (χ0v) is 15.3. The number of hydrogen-bond donors (Lipinski definition) is 1. The van der Waals surface area contributed by atoms with Crippen molar-refractivity contribution < 1.29 is 9.32 Å². The van der Waals surface area contributed by atoms with Gasteiger partial charge in [0.1, 0.15) is 17.4 Å². The van der Waals surface area contributed by atoms with E-state index in [4.69, 9.17) is 4.52 Å². The molecule has 1 amide bonds. The molecule has 3 rings (SSSR count). The summed E-state index contributed by atoms with van der Waals surface area (Å²) >= 11 is 0. The van der Waals surface area contributed by atoms with Crippen molar-refractivity contribution >= 4 is 11.7 Å². The molecular weight excluding hydrogens is 320 g/mol. The minimum absolute atomic E-state index is 0.0332. The minimum atomic E-state index is -0.186. The Kier molecular flexibility index (Phi) is 5.17. The Hall–Kier alpha value is -2.22. The van der Waals surface area contributed by atoms with Crippen molar-refractivity contribution in [3.63, 3.8) is 0 Å². The Morgan fingerprint density at radius 3 is 2.84 bits per heavy atom. The number of carbonyl (C=O) groups excluding carboxylic acids is 1. The maximum atomic E-state index is 12.7. The van der Waals surface area contributed by atoms with Crippen LogP contribution in [0.3, 0.4) is 0 Å². The molecule has 1 aliphatic heterocycles. The van der Waals surface area contributed by atoms with Crippen LogP contribution in [0.4, 0.5) is 5.82 Å². The summed E-state index contributed by atoms with van der Waals surface area (Å²) in [5, 5.41) is 11.2. The zero-order valence-electron chi connectivity index (χ0n) is 15.3. The van der Waals surface area contributed by atoms with Crippen molar-refractivity contribution in [3.05, 3.63) is 23.5 Å². The molecule has 1 fully saturated rings. The van der Waals surface area contributed by atoms with Crippen LogP contribution >= 0.6 is 0 Å². The second kappa shape index (κ2) is 7.35. The lowest BCUT2D eigenvalue weighted by atomic mass is 10.1. The molecule has 25 heavy (non-hydrogen) atoms. The maximum absolute atomic E-state index is 12.7. The number of carbonyl (C=O) groups is 1. The van der Waals surface area contributed by atoms with Gasteiger partial charge in [-0.15, -0.1) is 0 Å². The number of rotatable bonds is 6. The number of aromatic nitrogens is 4. The van der Waals surface area contributed by atoms with E-state index in [1.165, 1.54) is 0 Å². The standard InChI is InChI=1S/C17H26N6O2/c1-5-15(17(24)19-16-9-11(2)25-21-16)22-8-6-7-14(22)10-23-13(4)18-12(3)20-23/h9,14-15H,5-8,10H2,1-4H3,(H,19,21,24). The highest BCUT2D eigenvalue weighted by Gasteiger charge is 2.34. The van der Waals surface area contributed by atoms with Crippen LogP contribution < -0.4 is 5.32 Å². The highest BCUT2D eigenvalue weighted by molar-refractivity contribution is 5.94. The highest BCUT2D eigenvalue weighted by atomic mass is 16.5. The van der Waals surface area contributed by atoms with Gasteiger partial charge in [-0.25, -0.2) is 9.67 Å². The predicted molar refractivity (Wildman–Crippen MR) is 93.2 cm³/mol. The molecule has 2 aromatic rings. The molecule has 136 valence electrons. The molecular formula is C17H26N6O2. The van der Waals surface area contributed by atoms with Gasteiger partial charge in [0.05, 0.1) is 12.6 Å². The Labute approximate surface area is 147 Å². The molecule has 8 nitrogen and oxygen atoms in total. The summed E-state index contributed by atoms with van der Waals surface area (Å²) in [7, 11) is 0. The molecule has 0 aliphatic carbocycles. The Bertz CT molecular complexity index is 737. The third kappa shape index (κ3) is 3.89. The number of hydrogen-bond acceptors (Lipinski definition) is 6. The van der Waals surface area contributed by atoms with Crippen LogP contribution in [0, 0.1) is 20.8 Å². The zero-order chi connectivity index (χ0) is 18.0. The SMILES string of the molecule is CCC(C(=O)Nc1cc(C)on1)N1CCCC1Cn1nc(C)nc1C. The molecule has 0 saturated carbocycles.